The van der Waals surface area contributed by atoms with Crippen LogP contribution in [0.25, 0.3) is 11.1 Å². The molecule has 2 rings (SSSR count). The molecule has 0 amide bonds. The first-order valence-corrected chi connectivity index (χ1v) is 8.31. The number of nitrogens with zero attached hydrogens (tertiary/aromatic N) is 1. The summed E-state index contributed by atoms with van der Waals surface area (Å²) in [6.45, 7) is 0. The molecule has 0 spiro atoms. The first-order chi connectivity index (χ1) is 9.64. The molecule has 0 saturated heterocycles. The maximum atomic E-state index is 12.5. The molecule has 0 bridgehead atoms. The zero-order valence-electron chi connectivity index (χ0n) is 10.6. The summed E-state index contributed by atoms with van der Waals surface area (Å²) in [7, 11) is -3.55. The largest absolute Gasteiger partial charge is 0.416 e. The number of hydrogen-bond donors (Lipinski definition) is 0. The van der Waals surface area contributed by atoms with Crippen molar-refractivity contribution in [3.8, 4) is 17.2 Å². The minimum Gasteiger partial charge on any atom is -0.223 e. The van der Waals surface area contributed by atoms with E-state index in [0.717, 1.165) is 29.7 Å². The molecule has 0 aliphatic rings. The molecule has 2 aromatic rings. The SMILES string of the molecule is CS(=O)(=O)c1scc(-c2ccc(C(F)(F)F)cc2)c1C#N. The van der Waals surface area contributed by atoms with Crippen LogP contribution in [0.1, 0.15) is 11.1 Å². The number of benzene rings is 1. The van der Waals surface area contributed by atoms with Crippen LogP contribution in [-0.4, -0.2) is 14.7 Å². The van der Waals surface area contributed by atoms with Gasteiger partial charge in [0.1, 0.15) is 10.3 Å². The summed E-state index contributed by atoms with van der Waals surface area (Å²) in [5.74, 6) is 0. The fourth-order valence-electron chi connectivity index (χ4n) is 1.77. The van der Waals surface area contributed by atoms with Gasteiger partial charge in [-0.05, 0) is 17.7 Å². The van der Waals surface area contributed by atoms with E-state index < -0.39 is 21.6 Å². The number of nitriles is 1. The zero-order chi connectivity index (χ0) is 15.8. The third kappa shape index (κ3) is 3.09. The van der Waals surface area contributed by atoms with Crippen LogP contribution in [-0.2, 0) is 16.0 Å². The smallest absolute Gasteiger partial charge is 0.223 e. The maximum Gasteiger partial charge on any atom is 0.416 e. The molecule has 0 unspecified atom stereocenters. The Kier molecular flexibility index (Phi) is 3.82. The van der Waals surface area contributed by atoms with Crippen molar-refractivity contribution in [2.24, 2.45) is 0 Å². The lowest BCUT2D eigenvalue weighted by molar-refractivity contribution is -0.137. The minimum absolute atomic E-state index is 0.0396. The van der Waals surface area contributed by atoms with Crippen molar-refractivity contribution < 1.29 is 21.6 Å². The summed E-state index contributed by atoms with van der Waals surface area (Å²) in [5, 5.41) is 10.6. The normalized spacial score (nSPS) is 12.1. The van der Waals surface area contributed by atoms with Gasteiger partial charge in [-0.25, -0.2) is 8.42 Å². The third-order valence-corrected chi connectivity index (χ3v) is 5.58. The Labute approximate surface area is 123 Å². The highest BCUT2D eigenvalue weighted by molar-refractivity contribution is 7.92. The molecule has 0 atom stereocenters. The lowest BCUT2D eigenvalue weighted by atomic mass is 10.0. The average Bonchev–Trinajstić information content (AvgIpc) is 2.81. The summed E-state index contributed by atoms with van der Waals surface area (Å²) in [5.41, 5.74) is -0.159. The number of rotatable bonds is 2. The molecule has 0 fully saturated rings. The molecule has 0 aliphatic carbocycles. The van der Waals surface area contributed by atoms with Crippen molar-refractivity contribution in [3.63, 3.8) is 0 Å². The second-order valence-electron chi connectivity index (χ2n) is 4.27. The van der Waals surface area contributed by atoms with Gasteiger partial charge in [0.2, 0.25) is 0 Å². The fraction of sp³-hybridized carbons (Fsp3) is 0.154. The Morgan fingerprint density at radius 2 is 1.76 bits per heavy atom. The van der Waals surface area contributed by atoms with Gasteiger partial charge in [-0.2, -0.15) is 18.4 Å². The van der Waals surface area contributed by atoms with Crippen molar-refractivity contribution >= 4 is 21.2 Å². The van der Waals surface area contributed by atoms with Crippen molar-refractivity contribution in [1.29, 1.82) is 5.26 Å². The van der Waals surface area contributed by atoms with Crippen LogP contribution in [0.2, 0.25) is 0 Å². The number of sulfone groups is 1. The van der Waals surface area contributed by atoms with Crippen LogP contribution >= 0.6 is 11.3 Å². The fourth-order valence-corrected chi connectivity index (χ4v) is 3.89. The van der Waals surface area contributed by atoms with Crippen LogP contribution in [0.15, 0.2) is 33.9 Å². The van der Waals surface area contributed by atoms with Gasteiger partial charge in [0.25, 0.3) is 0 Å². The first kappa shape index (κ1) is 15.5. The summed E-state index contributed by atoms with van der Waals surface area (Å²) >= 11 is 0.880. The van der Waals surface area contributed by atoms with Crippen LogP contribution in [0.4, 0.5) is 13.2 Å². The zero-order valence-corrected chi connectivity index (χ0v) is 12.2. The number of alkyl halides is 3. The summed E-state index contributed by atoms with van der Waals surface area (Å²) < 4.78 is 60.5. The molecule has 0 aliphatic heterocycles. The Morgan fingerprint density at radius 3 is 2.19 bits per heavy atom. The molecule has 0 N–H and O–H groups in total. The molecule has 3 nitrogen and oxygen atoms in total. The highest BCUT2D eigenvalue weighted by Crippen LogP contribution is 2.36. The molecule has 110 valence electrons. The van der Waals surface area contributed by atoms with E-state index in [0.29, 0.717) is 11.1 Å². The van der Waals surface area contributed by atoms with E-state index in [2.05, 4.69) is 0 Å². The van der Waals surface area contributed by atoms with E-state index >= 15 is 0 Å². The molecule has 1 aromatic heterocycles. The number of halogens is 3. The first-order valence-electron chi connectivity index (χ1n) is 5.54. The molecule has 0 radical (unpaired) electrons. The van der Waals surface area contributed by atoms with Crippen LogP contribution < -0.4 is 0 Å². The lowest BCUT2D eigenvalue weighted by Crippen LogP contribution is -2.04. The van der Waals surface area contributed by atoms with Gasteiger partial charge in [0, 0.05) is 17.2 Å². The topological polar surface area (TPSA) is 57.9 Å². The van der Waals surface area contributed by atoms with Crippen LogP contribution in [0, 0.1) is 11.3 Å². The molecule has 1 heterocycles. The molecular formula is C13H8F3NO2S2. The Bertz CT molecular complexity index is 813. The van der Waals surface area contributed by atoms with Gasteiger partial charge >= 0.3 is 6.18 Å². The number of hydrogen-bond acceptors (Lipinski definition) is 4. The van der Waals surface area contributed by atoms with E-state index in [4.69, 9.17) is 5.26 Å². The Balaban J connectivity index is 2.54. The summed E-state index contributed by atoms with van der Waals surface area (Å²) in [6.07, 6.45) is -3.46. The van der Waals surface area contributed by atoms with Gasteiger partial charge in [-0.1, -0.05) is 12.1 Å². The van der Waals surface area contributed by atoms with Crippen molar-refractivity contribution in [3.05, 3.63) is 40.8 Å². The molecule has 21 heavy (non-hydrogen) atoms. The van der Waals surface area contributed by atoms with Gasteiger partial charge in [-0.15, -0.1) is 11.3 Å². The van der Waals surface area contributed by atoms with E-state index in [1.165, 1.54) is 17.5 Å². The van der Waals surface area contributed by atoms with Gasteiger partial charge in [0.05, 0.1) is 11.1 Å². The van der Waals surface area contributed by atoms with Crippen LogP contribution in [0.5, 0.6) is 0 Å². The predicted octanol–water partition coefficient (Wildman–Crippen LogP) is 3.71. The van der Waals surface area contributed by atoms with E-state index in [9.17, 15) is 21.6 Å². The predicted molar refractivity (Wildman–Crippen MR) is 72.6 cm³/mol. The van der Waals surface area contributed by atoms with E-state index in [1.807, 2.05) is 0 Å². The average molecular weight is 331 g/mol. The Morgan fingerprint density at radius 1 is 1.19 bits per heavy atom. The van der Waals surface area contributed by atoms with Gasteiger partial charge < -0.3 is 0 Å². The van der Waals surface area contributed by atoms with Gasteiger partial charge in [0.15, 0.2) is 9.84 Å². The van der Waals surface area contributed by atoms with E-state index in [-0.39, 0.29) is 9.77 Å². The standard InChI is InChI=1S/C13H8F3NO2S2/c1-21(18,19)12-10(6-17)11(7-20-12)8-2-4-9(5-3-8)13(14,15)16/h2-5,7H,1H3. The third-order valence-electron chi connectivity index (χ3n) is 2.73. The van der Waals surface area contributed by atoms with Crippen molar-refractivity contribution in [2.45, 2.75) is 10.4 Å². The van der Waals surface area contributed by atoms with E-state index in [1.54, 1.807) is 6.07 Å². The molecule has 8 heteroatoms. The summed E-state index contributed by atoms with van der Waals surface area (Å²) in [6, 6.07) is 6.04. The molecular weight excluding hydrogens is 323 g/mol. The maximum absolute atomic E-state index is 12.5. The van der Waals surface area contributed by atoms with Crippen LogP contribution in [0.3, 0.4) is 0 Å². The molecule has 1 aromatic carbocycles. The highest BCUT2D eigenvalue weighted by Gasteiger charge is 2.30. The van der Waals surface area contributed by atoms with Gasteiger partial charge in [-0.3, -0.25) is 0 Å². The second kappa shape index (κ2) is 5.16. The quantitative estimate of drug-likeness (QED) is 0.843. The Hall–Kier alpha value is -1.85. The minimum atomic E-state index is -4.44. The van der Waals surface area contributed by atoms with Crippen molar-refractivity contribution in [1.82, 2.24) is 0 Å². The second-order valence-corrected chi connectivity index (χ2v) is 7.36. The van der Waals surface area contributed by atoms with Crippen molar-refractivity contribution in [2.75, 3.05) is 6.26 Å². The summed E-state index contributed by atoms with van der Waals surface area (Å²) in [4.78, 5) is 0. The lowest BCUT2D eigenvalue weighted by Gasteiger charge is -2.07. The highest BCUT2D eigenvalue weighted by atomic mass is 32.2. The monoisotopic (exact) mass is 331 g/mol. The number of thiophene rings is 1. The molecule has 0 saturated carbocycles.